The van der Waals surface area contributed by atoms with E-state index in [2.05, 4.69) is 22.0 Å². The lowest BCUT2D eigenvalue weighted by Crippen LogP contribution is -2.00. The summed E-state index contributed by atoms with van der Waals surface area (Å²) in [6.07, 6.45) is 0. The van der Waals surface area contributed by atoms with Gasteiger partial charge in [0.1, 0.15) is 5.82 Å². The maximum Gasteiger partial charge on any atom is 0.123 e. The van der Waals surface area contributed by atoms with Crippen LogP contribution in [0.4, 0.5) is 4.39 Å². The van der Waals surface area contributed by atoms with Gasteiger partial charge < -0.3 is 0 Å². The summed E-state index contributed by atoms with van der Waals surface area (Å²) in [6.45, 7) is 5.85. The molecule has 0 fully saturated rings. The van der Waals surface area contributed by atoms with E-state index in [0.717, 1.165) is 32.8 Å². The van der Waals surface area contributed by atoms with Crippen LogP contribution in [0.1, 0.15) is 32.6 Å². The highest BCUT2D eigenvalue weighted by Crippen LogP contribution is 2.36. The van der Waals surface area contributed by atoms with Crippen LogP contribution >= 0.6 is 27.5 Å². The Hall–Kier alpha value is -0.860. The predicted molar refractivity (Wildman–Crippen MR) is 82.8 cm³/mol. The van der Waals surface area contributed by atoms with Gasteiger partial charge in [-0.3, -0.25) is 0 Å². The molecule has 2 rings (SSSR count). The first-order chi connectivity index (χ1) is 8.90. The minimum absolute atomic E-state index is 0.0454. The summed E-state index contributed by atoms with van der Waals surface area (Å²) in [5.74, 6) is -0.189. The lowest BCUT2D eigenvalue weighted by Gasteiger charge is -2.17. The molecule has 1 atom stereocenters. The van der Waals surface area contributed by atoms with Crippen LogP contribution in [0.5, 0.6) is 0 Å². The van der Waals surface area contributed by atoms with Gasteiger partial charge in [0, 0.05) is 5.02 Å². The molecule has 3 heteroatoms. The molecule has 0 aromatic heterocycles. The third kappa shape index (κ3) is 3.01. The smallest absolute Gasteiger partial charge is 0.123 e. The Balaban J connectivity index is 2.49. The van der Waals surface area contributed by atoms with Crippen molar-refractivity contribution in [2.75, 3.05) is 0 Å². The Morgan fingerprint density at radius 1 is 1.00 bits per heavy atom. The number of benzene rings is 2. The summed E-state index contributed by atoms with van der Waals surface area (Å²) < 4.78 is 13.4. The van der Waals surface area contributed by atoms with E-state index in [-0.39, 0.29) is 10.6 Å². The quantitative estimate of drug-likeness (QED) is 0.598. The maximum absolute atomic E-state index is 13.4. The second-order valence-electron chi connectivity index (χ2n) is 4.82. The molecule has 0 bridgehead atoms. The molecule has 2 aromatic rings. The molecule has 0 nitrogen and oxygen atoms in total. The van der Waals surface area contributed by atoms with Crippen LogP contribution in [-0.2, 0) is 0 Å². The molecule has 0 aliphatic rings. The summed E-state index contributed by atoms with van der Waals surface area (Å²) >= 11 is 9.76. The summed E-state index contributed by atoms with van der Waals surface area (Å²) in [5, 5.41) is 0.760. The molecule has 0 heterocycles. The highest BCUT2D eigenvalue weighted by atomic mass is 79.9. The van der Waals surface area contributed by atoms with E-state index in [1.54, 1.807) is 12.1 Å². The summed E-state index contributed by atoms with van der Waals surface area (Å²) in [4.78, 5) is 0.0454. The average Bonchev–Trinajstić information content (AvgIpc) is 2.31. The van der Waals surface area contributed by atoms with E-state index in [1.807, 2.05) is 32.9 Å². The molecule has 0 aliphatic heterocycles. The van der Waals surface area contributed by atoms with Crippen molar-refractivity contribution >= 4 is 27.5 Å². The van der Waals surface area contributed by atoms with Gasteiger partial charge in [-0.1, -0.05) is 39.7 Å². The fraction of sp³-hybridized carbons (Fsp3) is 0.250. The fourth-order valence-corrected chi connectivity index (χ4v) is 3.44. The second kappa shape index (κ2) is 5.64. The molecule has 19 heavy (non-hydrogen) atoms. The molecule has 0 amide bonds. The van der Waals surface area contributed by atoms with E-state index in [4.69, 9.17) is 11.6 Å². The molecule has 0 radical (unpaired) electrons. The third-order valence-corrected chi connectivity index (χ3v) is 4.70. The van der Waals surface area contributed by atoms with Crippen LogP contribution in [0.2, 0.25) is 5.02 Å². The van der Waals surface area contributed by atoms with Crippen molar-refractivity contribution in [3.05, 3.63) is 69.0 Å². The number of hydrogen-bond donors (Lipinski definition) is 0. The number of hydrogen-bond acceptors (Lipinski definition) is 0. The number of alkyl halides is 1. The largest absolute Gasteiger partial charge is 0.207 e. The van der Waals surface area contributed by atoms with Gasteiger partial charge in [0.15, 0.2) is 0 Å². The van der Waals surface area contributed by atoms with E-state index >= 15 is 0 Å². The van der Waals surface area contributed by atoms with Crippen molar-refractivity contribution in [1.82, 2.24) is 0 Å². The molecule has 100 valence electrons. The monoisotopic (exact) mass is 340 g/mol. The number of halogens is 3. The molecule has 0 spiro atoms. The van der Waals surface area contributed by atoms with E-state index in [0.29, 0.717) is 0 Å². The molecule has 0 N–H and O–H groups in total. The maximum atomic E-state index is 13.4. The Kier molecular flexibility index (Phi) is 4.32. The zero-order valence-electron chi connectivity index (χ0n) is 11.1. The van der Waals surface area contributed by atoms with Crippen molar-refractivity contribution < 1.29 is 4.39 Å². The first-order valence-electron chi connectivity index (χ1n) is 6.07. The average molecular weight is 342 g/mol. The minimum Gasteiger partial charge on any atom is -0.207 e. The normalized spacial score (nSPS) is 12.5. The van der Waals surface area contributed by atoms with Gasteiger partial charge in [0.2, 0.25) is 0 Å². The van der Waals surface area contributed by atoms with E-state index in [9.17, 15) is 4.39 Å². The SMILES string of the molecule is Cc1cc(C(Br)c2c(C)cc(F)cc2C)ccc1Cl. The van der Waals surface area contributed by atoms with Crippen molar-refractivity contribution in [3.63, 3.8) is 0 Å². The second-order valence-corrected chi connectivity index (χ2v) is 6.15. The molecule has 2 aromatic carbocycles. The predicted octanol–water partition coefficient (Wildman–Crippen LogP) is 5.89. The molecule has 0 saturated heterocycles. The topological polar surface area (TPSA) is 0 Å². The van der Waals surface area contributed by atoms with Crippen LogP contribution in [0.15, 0.2) is 30.3 Å². The first kappa shape index (κ1) is 14.5. The van der Waals surface area contributed by atoms with Gasteiger partial charge in [-0.15, -0.1) is 0 Å². The number of rotatable bonds is 2. The van der Waals surface area contributed by atoms with Gasteiger partial charge in [0.05, 0.1) is 4.83 Å². The Labute approximate surface area is 126 Å². The first-order valence-corrected chi connectivity index (χ1v) is 7.36. The number of aryl methyl sites for hydroxylation is 3. The molecular formula is C16H15BrClF. The van der Waals surface area contributed by atoms with Crippen molar-refractivity contribution in [1.29, 1.82) is 0 Å². The lowest BCUT2D eigenvalue weighted by molar-refractivity contribution is 0.624. The summed E-state index contributed by atoms with van der Waals surface area (Å²) in [7, 11) is 0. The van der Waals surface area contributed by atoms with Crippen LogP contribution in [0.3, 0.4) is 0 Å². The van der Waals surface area contributed by atoms with E-state index < -0.39 is 0 Å². The fourth-order valence-electron chi connectivity index (χ4n) is 2.31. The Morgan fingerprint density at radius 3 is 2.11 bits per heavy atom. The summed E-state index contributed by atoms with van der Waals surface area (Å²) in [6, 6.07) is 9.09. The van der Waals surface area contributed by atoms with Gasteiger partial charge in [-0.2, -0.15) is 0 Å². The zero-order chi connectivity index (χ0) is 14.2. The third-order valence-electron chi connectivity index (χ3n) is 3.29. The van der Waals surface area contributed by atoms with Crippen LogP contribution in [0.25, 0.3) is 0 Å². The lowest BCUT2D eigenvalue weighted by atomic mass is 9.95. The minimum atomic E-state index is -0.189. The Bertz CT molecular complexity index is 599. The van der Waals surface area contributed by atoms with Gasteiger partial charge in [0.25, 0.3) is 0 Å². The van der Waals surface area contributed by atoms with Gasteiger partial charge in [-0.25, -0.2) is 4.39 Å². The summed E-state index contributed by atoms with van der Waals surface area (Å²) in [5.41, 5.74) is 5.18. The highest BCUT2D eigenvalue weighted by molar-refractivity contribution is 9.09. The van der Waals surface area contributed by atoms with Crippen molar-refractivity contribution in [3.8, 4) is 0 Å². The molecule has 0 saturated carbocycles. The standard InChI is InChI=1S/C16H15BrClF/c1-9-6-12(4-5-14(9)18)16(17)15-10(2)7-13(19)8-11(15)3/h4-8,16H,1-3H3. The van der Waals surface area contributed by atoms with Gasteiger partial charge in [-0.05, 0) is 66.8 Å². The van der Waals surface area contributed by atoms with Crippen molar-refractivity contribution in [2.24, 2.45) is 0 Å². The Morgan fingerprint density at radius 2 is 1.58 bits per heavy atom. The molecule has 0 aliphatic carbocycles. The van der Waals surface area contributed by atoms with Gasteiger partial charge >= 0.3 is 0 Å². The van der Waals surface area contributed by atoms with Crippen LogP contribution in [0, 0.1) is 26.6 Å². The molecular weight excluding hydrogens is 327 g/mol. The van der Waals surface area contributed by atoms with Crippen LogP contribution < -0.4 is 0 Å². The zero-order valence-corrected chi connectivity index (χ0v) is 13.4. The molecule has 1 unspecified atom stereocenters. The van der Waals surface area contributed by atoms with E-state index in [1.165, 1.54) is 0 Å². The van der Waals surface area contributed by atoms with Crippen LogP contribution in [-0.4, -0.2) is 0 Å². The highest BCUT2D eigenvalue weighted by Gasteiger charge is 2.16. The van der Waals surface area contributed by atoms with Crippen molar-refractivity contribution in [2.45, 2.75) is 25.6 Å².